The van der Waals surface area contributed by atoms with Gasteiger partial charge in [0.1, 0.15) is 12.0 Å². The molecule has 5 heterocycles. The van der Waals surface area contributed by atoms with Gasteiger partial charge in [-0.3, -0.25) is 19.1 Å². The van der Waals surface area contributed by atoms with Crippen LogP contribution in [0.5, 0.6) is 0 Å². The van der Waals surface area contributed by atoms with Crippen molar-refractivity contribution in [3.05, 3.63) is 85.9 Å². The van der Waals surface area contributed by atoms with Crippen LogP contribution in [0.15, 0.2) is 51.2 Å². The van der Waals surface area contributed by atoms with Gasteiger partial charge in [0, 0.05) is 48.7 Å². The lowest BCUT2D eigenvalue weighted by molar-refractivity contribution is -0.128. The number of aryl methyl sites for hydroxylation is 1. The summed E-state index contributed by atoms with van der Waals surface area (Å²) < 4.78 is 25.3. The largest absolute Gasteiger partial charge is 0.417 e. The summed E-state index contributed by atoms with van der Waals surface area (Å²) in [5.74, 6) is -1.89. The van der Waals surface area contributed by atoms with Gasteiger partial charge in [-0.1, -0.05) is 51.9 Å². The first-order valence-electron chi connectivity index (χ1n) is 18.8. The Labute approximate surface area is 324 Å². The smallest absolute Gasteiger partial charge is 0.407 e. The summed E-state index contributed by atoms with van der Waals surface area (Å²) >= 11 is 7.22. The highest BCUT2D eigenvalue weighted by Crippen LogP contribution is 2.48. The number of benzene rings is 2. The predicted molar refractivity (Wildman–Crippen MR) is 217 cm³/mol. The van der Waals surface area contributed by atoms with Crippen molar-refractivity contribution in [1.29, 1.82) is 0 Å². The fourth-order valence-corrected chi connectivity index (χ4v) is 8.67. The average molecular weight is 771 g/mol. The SMILES string of the molecule is C=CC(=O)N1CC2CN(CCCN(C)C)c3c(c4cc(Cl)c(-c5c(C)ccc6[nH]c(=O)oc56)c(F)c4n(-c4c(C(C)C)ncnc4C(C)C)c3=O)N2CC1C. The van der Waals surface area contributed by atoms with Gasteiger partial charge in [0.05, 0.1) is 44.9 Å². The maximum Gasteiger partial charge on any atom is 0.417 e. The van der Waals surface area contributed by atoms with Crippen molar-refractivity contribution in [3.63, 3.8) is 0 Å². The molecule has 0 aliphatic carbocycles. The topological polar surface area (TPSA) is 124 Å². The van der Waals surface area contributed by atoms with Crippen LogP contribution in [0, 0.1) is 12.7 Å². The number of H-pyrrole nitrogens is 1. The van der Waals surface area contributed by atoms with Crippen molar-refractivity contribution in [2.75, 3.05) is 56.6 Å². The number of aromatic amines is 1. The van der Waals surface area contributed by atoms with Crippen molar-refractivity contribution >= 4 is 50.9 Å². The zero-order valence-electron chi connectivity index (χ0n) is 32.7. The molecular weight excluding hydrogens is 723 g/mol. The molecule has 14 heteroatoms. The standard InChI is InChI=1S/C41H48ClFN8O4/c1-10-29(52)49-19-25-18-48(15-11-14-47(8)9)38-36(50(25)17-24(49)7)26-16-27(42)31(30-23(6)12-13-28-39(30)55-41(54)46-28)32(43)35(26)51(40(38)53)37-33(21(2)3)44-20-45-34(37)22(4)5/h10,12-13,16,20-22,24-25H,1,11,14-15,17-19H2,2-9H3,(H,46,54). The summed E-state index contributed by atoms with van der Waals surface area (Å²) in [7, 11) is 4.01. The molecule has 0 saturated carbocycles. The molecule has 12 nitrogen and oxygen atoms in total. The van der Waals surface area contributed by atoms with Gasteiger partial charge in [0.2, 0.25) is 5.91 Å². The molecule has 2 aromatic carbocycles. The molecule has 1 amide bonds. The van der Waals surface area contributed by atoms with E-state index < -0.39 is 17.1 Å². The van der Waals surface area contributed by atoms with Crippen LogP contribution in [0.3, 0.4) is 0 Å². The Morgan fingerprint density at radius 1 is 1.07 bits per heavy atom. The summed E-state index contributed by atoms with van der Waals surface area (Å²) in [5.41, 5.74) is 3.75. The second-order valence-corrected chi connectivity index (χ2v) is 16.1. The summed E-state index contributed by atoms with van der Waals surface area (Å²) in [6.45, 7) is 18.0. The number of carbonyl (C=O) groups excluding carboxylic acids is 1. The van der Waals surface area contributed by atoms with E-state index in [0.29, 0.717) is 76.7 Å². The van der Waals surface area contributed by atoms with Gasteiger partial charge in [-0.05, 0) is 76.5 Å². The minimum atomic E-state index is -0.745. The van der Waals surface area contributed by atoms with Gasteiger partial charge in [0.25, 0.3) is 5.56 Å². The fraction of sp³-hybridized carbons (Fsp3) is 0.439. The van der Waals surface area contributed by atoms with E-state index in [2.05, 4.69) is 26.3 Å². The highest BCUT2D eigenvalue weighted by atomic mass is 35.5. The van der Waals surface area contributed by atoms with Crippen LogP contribution < -0.4 is 21.1 Å². The van der Waals surface area contributed by atoms with E-state index in [1.54, 1.807) is 25.1 Å². The first-order valence-corrected chi connectivity index (χ1v) is 19.2. The van der Waals surface area contributed by atoms with Crippen LogP contribution >= 0.6 is 11.6 Å². The highest BCUT2D eigenvalue weighted by molar-refractivity contribution is 6.35. The third-order valence-corrected chi connectivity index (χ3v) is 11.2. The zero-order chi connectivity index (χ0) is 39.6. The van der Waals surface area contributed by atoms with E-state index in [-0.39, 0.29) is 51.5 Å². The number of amides is 1. The van der Waals surface area contributed by atoms with Crippen molar-refractivity contribution < 1.29 is 13.6 Å². The van der Waals surface area contributed by atoms with Crippen LogP contribution in [0.4, 0.5) is 15.8 Å². The minimum absolute atomic E-state index is 0.00660. The van der Waals surface area contributed by atoms with Crippen molar-refractivity contribution in [3.8, 4) is 16.8 Å². The molecule has 5 aromatic rings. The number of halogens is 2. The van der Waals surface area contributed by atoms with Crippen molar-refractivity contribution in [1.82, 2.24) is 29.3 Å². The molecule has 1 saturated heterocycles. The molecule has 2 aliphatic rings. The molecule has 7 rings (SSSR count). The van der Waals surface area contributed by atoms with Crippen LogP contribution in [-0.2, 0) is 4.79 Å². The van der Waals surface area contributed by atoms with E-state index >= 15 is 9.18 Å². The molecule has 0 radical (unpaired) electrons. The normalized spacial score (nSPS) is 17.2. The Bertz CT molecular complexity index is 2440. The fourth-order valence-electron chi connectivity index (χ4n) is 8.39. The Hall–Kier alpha value is -5.01. The van der Waals surface area contributed by atoms with E-state index in [1.165, 1.54) is 17.0 Å². The number of fused-ring (bicyclic) bond motifs is 6. The Morgan fingerprint density at radius 2 is 1.76 bits per heavy atom. The van der Waals surface area contributed by atoms with Crippen molar-refractivity contribution in [2.24, 2.45) is 0 Å². The first-order chi connectivity index (χ1) is 26.1. The molecule has 2 atom stereocenters. The third kappa shape index (κ3) is 6.40. The maximum absolute atomic E-state index is 18.3. The Balaban J connectivity index is 1.65. The van der Waals surface area contributed by atoms with Gasteiger partial charge in [0.15, 0.2) is 11.4 Å². The number of nitrogens with zero attached hydrogens (tertiary/aromatic N) is 7. The van der Waals surface area contributed by atoms with Gasteiger partial charge >= 0.3 is 5.76 Å². The van der Waals surface area contributed by atoms with Gasteiger partial charge in [-0.25, -0.2) is 19.2 Å². The minimum Gasteiger partial charge on any atom is -0.407 e. The second kappa shape index (κ2) is 14.6. The summed E-state index contributed by atoms with van der Waals surface area (Å²) in [4.78, 5) is 61.4. The van der Waals surface area contributed by atoms with E-state index in [9.17, 15) is 9.59 Å². The van der Waals surface area contributed by atoms with Crippen LogP contribution in [0.1, 0.15) is 69.8 Å². The van der Waals surface area contributed by atoms with Gasteiger partial charge < -0.3 is 24.0 Å². The van der Waals surface area contributed by atoms with Crippen molar-refractivity contribution in [2.45, 2.75) is 71.9 Å². The lowest BCUT2D eigenvalue weighted by atomic mass is 9.93. The predicted octanol–water partition coefficient (Wildman–Crippen LogP) is 6.59. The third-order valence-electron chi connectivity index (χ3n) is 10.9. The quantitative estimate of drug-likeness (QED) is 0.165. The number of pyridine rings is 1. The molecule has 1 fully saturated rings. The van der Waals surface area contributed by atoms with E-state index in [4.69, 9.17) is 26.0 Å². The van der Waals surface area contributed by atoms with Crippen LogP contribution in [0.25, 0.3) is 38.8 Å². The maximum atomic E-state index is 18.3. The number of anilines is 2. The molecule has 2 unspecified atom stereocenters. The number of nitrogens with one attached hydrogen (secondary N) is 1. The number of carbonyl (C=O) groups is 1. The average Bonchev–Trinajstić information content (AvgIpc) is 3.52. The monoisotopic (exact) mass is 770 g/mol. The lowest BCUT2D eigenvalue weighted by Crippen LogP contribution is -2.64. The summed E-state index contributed by atoms with van der Waals surface area (Å²) in [6, 6.07) is 4.75. The number of oxazole rings is 1. The summed E-state index contributed by atoms with van der Waals surface area (Å²) in [5, 5.41) is 0.525. The molecular formula is C41H48ClFN8O4. The molecule has 290 valence electrons. The first kappa shape index (κ1) is 38.3. The second-order valence-electron chi connectivity index (χ2n) is 15.7. The molecule has 3 aromatic heterocycles. The lowest BCUT2D eigenvalue weighted by Gasteiger charge is -2.52. The molecule has 1 N–H and O–H groups in total. The summed E-state index contributed by atoms with van der Waals surface area (Å²) in [6.07, 6.45) is 3.59. The highest BCUT2D eigenvalue weighted by Gasteiger charge is 2.43. The van der Waals surface area contributed by atoms with Crippen LogP contribution in [0.2, 0.25) is 5.02 Å². The van der Waals surface area contributed by atoms with Gasteiger partial charge in [-0.15, -0.1) is 0 Å². The number of aromatic nitrogens is 4. The number of hydrogen-bond acceptors (Lipinski definition) is 9. The Morgan fingerprint density at radius 3 is 2.40 bits per heavy atom. The number of hydrogen-bond donors (Lipinski definition) is 1. The number of rotatable bonds is 9. The Kier molecular flexibility index (Phi) is 10.1. The van der Waals surface area contributed by atoms with E-state index in [0.717, 1.165) is 13.0 Å². The van der Waals surface area contributed by atoms with Crippen LogP contribution in [-0.4, -0.2) is 94.1 Å². The van der Waals surface area contributed by atoms with Gasteiger partial charge in [-0.2, -0.15) is 0 Å². The molecule has 55 heavy (non-hydrogen) atoms. The molecule has 2 aliphatic heterocycles. The molecule has 0 bridgehead atoms. The number of piperazine rings is 1. The molecule has 0 spiro atoms. The zero-order valence-corrected chi connectivity index (χ0v) is 33.4. The van der Waals surface area contributed by atoms with E-state index in [1.807, 2.05) is 53.6 Å².